The van der Waals surface area contributed by atoms with Crippen LogP contribution in [0.5, 0.6) is 0 Å². The summed E-state index contributed by atoms with van der Waals surface area (Å²) in [5.41, 5.74) is 6.34. The molecule has 92 valence electrons. The van der Waals surface area contributed by atoms with Crippen LogP contribution >= 0.6 is 0 Å². The van der Waals surface area contributed by atoms with E-state index in [9.17, 15) is 0 Å². The van der Waals surface area contributed by atoms with Crippen LogP contribution in [0.15, 0.2) is 12.2 Å². The Morgan fingerprint density at radius 2 is 2.06 bits per heavy atom. The van der Waals surface area contributed by atoms with Gasteiger partial charge in [0.2, 0.25) is 0 Å². The summed E-state index contributed by atoms with van der Waals surface area (Å²) < 4.78 is 0. The van der Waals surface area contributed by atoms with Crippen LogP contribution < -0.4 is 11.1 Å². The van der Waals surface area contributed by atoms with Crippen molar-refractivity contribution in [2.45, 2.75) is 63.5 Å². The minimum absolute atomic E-state index is 0.240. The van der Waals surface area contributed by atoms with Gasteiger partial charge in [0.25, 0.3) is 0 Å². The Kier molecular flexibility index (Phi) is 4.04. The lowest BCUT2D eigenvalue weighted by molar-refractivity contribution is 0.129. The zero-order valence-electron chi connectivity index (χ0n) is 10.5. The lowest BCUT2D eigenvalue weighted by Gasteiger charge is -2.46. The van der Waals surface area contributed by atoms with Gasteiger partial charge in [0.1, 0.15) is 0 Å². The lowest BCUT2D eigenvalue weighted by atomic mass is 9.71. The lowest BCUT2D eigenvalue weighted by Crippen LogP contribution is -2.60. The third-order valence-electron chi connectivity index (χ3n) is 4.56. The van der Waals surface area contributed by atoms with Crippen molar-refractivity contribution in [3.05, 3.63) is 12.2 Å². The molecule has 0 aliphatic heterocycles. The molecule has 2 aliphatic rings. The predicted octanol–water partition coefficient (Wildman–Crippen LogP) is 2.59. The summed E-state index contributed by atoms with van der Waals surface area (Å²) in [4.78, 5) is 0. The van der Waals surface area contributed by atoms with E-state index < -0.39 is 0 Å². The molecular weight excluding hydrogens is 196 g/mol. The Balaban J connectivity index is 2.02. The van der Waals surface area contributed by atoms with Crippen molar-refractivity contribution in [3.8, 4) is 0 Å². The molecule has 2 rings (SSSR count). The largest absolute Gasteiger partial charge is 0.329 e. The average Bonchev–Trinajstić information content (AvgIpc) is 2.82. The van der Waals surface area contributed by atoms with Crippen molar-refractivity contribution >= 4 is 0 Å². The number of hydrogen-bond acceptors (Lipinski definition) is 2. The second-order valence-corrected chi connectivity index (χ2v) is 5.50. The van der Waals surface area contributed by atoms with E-state index in [0.717, 1.165) is 12.5 Å². The zero-order valence-corrected chi connectivity index (χ0v) is 10.5. The maximum Gasteiger partial charge on any atom is 0.0334 e. The van der Waals surface area contributed by atoms with Gasteiger partial charge in [-0.15, -0.1) is 0 Å². The first-order valence-electron chi connectivity index (χ1n) is 6.93. The molecule has 0 amide bonds. The first kappa shape index (κ1) is 12.1. The first-order chi connectivity index (χ1) is 7.80. The van der Waals surface area contributed by atoms with Gasteiger partial charge in [-0.3, -0.25) is 0 Å². The number of nitrogens with one attached hydrogen (secondary N) is 1. The molecule has 0 spiro atoms. The normalized spacial score (nSPS) is 35.8. The highest BCUT2D eigenvalue weighted by atomic mass is 15.0. The standard InChI is InChI=1S/C14H26N2/c1-2-12-7-5-6-10-14(12,11-15)16-13-8-3-4-9-13/h3-4,12-13,16H,2,5-11,15H2,1H3. The Morgan fingerprint density at radius 3 is 2.69 bits per heavy atom. The highest BCUT2D eigenvalue weighted by Gasteiger charge is 2.39. The molecule has 2 nitrogen and oxygen atoms in total. The van der Waals surface area contributed by atoms with E-state index in [2.05, 4.69) is 24.4 Å². The molecule has 1 saturated carbocycles. The Hall–Kier alpha value is -0.340. The molecule has 0 heterocycles. The highest BCUT2D eigenvalue weighted by Crippen LogP contribution is 2.36. The van der Waals surface area contributed by atoms with Crippen LogP contribution in [0.4, 0.5) is 0 Å². The fourth-order valence-electron chi connectivity index (χ4n) is 3.57. The zero-order chi connectivity index (χ0) is 11.4. The van der Waals surface area contributed by atoms with Gasteiger partial charge in [-0.1, -0.05) is 38.3 Å². The molecule has 0 saturated heterocycles. The van der Waals surface area contributed by atoms with E-state index in [-0.39, 0.29) is 5.54 Å². The molecule has 0 aromatic rings. The van der Waals surface area contributed by atoms with Crippen molar-refractivity contribution in [1.29, 1.82) is 0 Å². The molecule has 2 unspecified atom stereocenters. The van der Waals surface area contributed by atoms with Crippen molar-refractivity contribution in [1.82, 2.24) is 5.32 Å². The third kappa shape index (κ3) is 2.33. The van der Waals surface area contributed by atoms with Crippen LogP contribution in [0.25, 0.3) is 0 Å². The van der Waals surface area contributed by atoms with Crippen LogP contribution in [0.3, 0.4) is 0 Å². The topological polar surface area (TPSA) is 38.0 Å². The van der Waals surface area contributed by atoms with E-state index in [4.69, 9.17) is 5.73 Å². The fraction of sp³-hybridized carbons (Fsp3) is 0.857. The number of nitrogens with two attached hydrogens (primary N) is 1. The highest BCUT2D eigenvalue weighted by molar-refractivity contribution is 5.05. The molecule has 0 bridgehead atoms. The molecule has 3 N–H and O–H groups in total. The van der Waals surface area contributed by atoms with Crippen molar-refractivity contribution in [2.24, 2.45) is 11.7 Å². The minimum atomic E-state index is 0.240. The molecular formula is C14H26N2. The van der Waals surface area contributed by atoms with E-state index in [1.54, 1.807) is 0 Å². The second-order valence-electron chi connectivity index (χ2n) is 5.50. The van der Waals surface area contributed by atoms with Crippen LogP contribution in [0, 0.1) is 5.92 Å². The van der Waals surface area contributed by atoms with Crippen LogP contribution in [-0.2, 0) is 0 Å². The third-order valence-corrected chi connectivity index (χ3v) is 4.56. The van der Waals surface area contributed by atoms with Crippen molar-refractivity contribution < 1.29 is 0 Å². The second kappa shape index (κ2) is 5.33. The van der Waals surface area contributed by atoms with Gasteiger partial charge < -0.3 is 11.1 Å². The molecule has 2 atom stereocenters. The Labute approximate surface area is 99.7 Å². The summed E-state index contributed by atoms with van der Waals surface area (Å²) in [7, 11) is 0. The number of rotatable bonds is 4. The smallest absolute Gasteiger partial charge is 0.0334 e. The van der Waals surface area contributed by atoms with E-state index >= 15 is 0 Å². The van der Waals surface area contributed by atoms with Crippen LogP contribution in [0.2, 0.25) is 0 Å². The van der Waals surface area contributed by atoms with Gasteiger partial charge in [-0.05, 0) is 31.6 Å². The minimum Gasteiger partial charge on any atom is -0.329 e. The molecule has 1 fully saturated rings. The average molecular weight is 222 g/mol. The van der Waals surface area contributed by atoms with Gasteiger partial charge >= 0.3 is 0 Å². The summed E-state index contributed by atoms with van der Waals surface area (Å²) >= 11 is 0. The van der Waals surface area contributed by atoms with E-state index in [1.165, 1.54) is 44.9 Å². The van der Waals surface area contributed by atoms with Crippen molar-refractivity contribution in [3.63, 3.8) is 0 Å². The van der Waals surface area contributed by atoms with Gasteiger partial charge in [0, 0.05) is 18.1 Å². The molecule has 0 aromatic carbocycles. The Bertz CT molecular complexity index is 241. The van der Waals surface area contributed by atoms with Crippen LogP contribution in [-0.4, -0.2) is 18.1 Å². The summed E-state index contributed by atoms with van der Waals surface area (Å²) in [5, 5.41) is 3.89. The van der Waals surface area contributed by atoms with Gasteiger partial charge in [-0.2, -0.15) is 0 Å². The monoisotopic (exact) mass is 222 g/mol. The maximum absolute atomic E-state index is 6.10. The maximum atomic E-state index is 6.10. The summed E-state index contributed by atoms with van der Waals surface area (Å²) in [6.45, 7) is 3.12. The quantitative estimate of drug-likeness (QED) is 0.718. The van der Waals surface area contributed by atoms with Gasteiger partial charge in [0.15, 0.2) is 0 Å². The summed E-state index contributed by atoms with van der Waals surface area (Å²) in [5.74, 6) is 0.784. The predicted molar refractivity (Wildman–Crippen MR) is 69.3 cm³/mol. The summed E-state index contributed by atoms with van der Waals surface area (Å²) in [6, 6.07) is 0.649. The van der Waals surface area contributed by atoms with E-state index in [0.29, 0.717) is 6.04 Å². The SMILES string of the molecule is CCC1CCCCC1(CN)NC1CC=CC1. The summed E-state index contributed by atoms with van der Waals surface area (Å²) in [6.07, 6.45) is 13.6. The molecule has 0 aromatic heterocycles. The van der Waals surface area contributed by atoms with E-state index in [1.807, 2.05) is 0 Å². The molecule has 2 heteroatoms. The molecule has 2 aliphatic carbocycles. The van der Waals surface area contributed by atoms with Crippen molar-refractivity contribution in [2.75, 3.05) is 6.54 Å². The van der Waals surface area contributed by atoms with Gasteiger partial charge in [-0.25, -0.2) is 0 Å². The Morgan fingerprint density at radius 1 is 1.31 bits per heavy atom. The van der Waals surface area contributed by atoms with Gasteiger partial charge in [0.05, 0.1) is 0 Å². The molecule has 0 radical (unpaired) electrons. The molecule has 16 heavy (non-hydrogen) atoms. The van der Waals surface area contributed by atoms with Crippen LogP contribution in [0.1, 0.15) is 51.9 Å². The fourth-order valence-corrected chi connectivity index (χ4v) is 3.57. The first-order valence-corrected chi connectivity index (χ1v) is 6.93. The number of hydrogen-bond donors (Lipinski definition) is 2.